The number of hydrogen-bond acceptors (Lipinski definition) is 4. The van der Waals surface area contributed by atoms with Gasteiger partial charge in [-0.3, -0.25) is 4.90 Å². The molecule has 1 aliphatic rings. The molecule has 6 nitrogen and oxygen atoms in total. The van der Waals surface area contributed by atoms with Crippen molar-refractivity contribution >= 4 is 11.0 Å². The van der Waals surface area contributed by atoms with Crippen LogP contribution in [0.15, 0.2) is 30.6 Å². The molecule has 1 aliphatic heterocycles. The minimum absolute atomic E-state index is 0.949. The quantitative estimate of drug-likeness (QED) is 0.708. The largest absolute Gasteiger partial charge is 0.332 e. The van der Waals surface area contributed by atoms with Gasteiger partial charge in [-0.2, -0.15) is 0 Å². The van der Waals surface area contributed by atoms with E-state index in [2.05, 4.69) is 63.1 Å². The standard InChI is InChI=1S/C20H28N6/c1-4-20-22-18(16(3)25(20)5-2)14-23-10-12-24(13-11-23)26-15-21-17-8-6-7-9-19(17)26/h6-9,15H,4-5,10-14H2,1-3H3. The monoisotopic (exact) mass is 352 g/mol. The molecule has 0 atom stereocenters. The van der Waals surface area contributed by atoms with E-state index >= 15 is 0 Å². The highest BCUT2D eigenvalue weighted by atomic mass is 15.6. The van der Waals surface area contributed by atoms with Gasteiger partial charge >= 0.3 is 0 Å². The summed E-state index contributed by atoms with van der Waals surface area (Å²) in [6.07, 6.45) is 2.94. The maximum atomic E-state index is 4.90. The van der Waals surface area contributed by atoms with Crippen molar-refractivity contribution in [3.63, 3.8) is 0 Å². The summed E-state index contributed by atoms with van der Waals surface area (Å²) in [7, 11) is 0. The highest BCUT2D eigenvalue weighted by Gasteiger charge is 2.21. The van der Waals surface area contributed by atoms with Gasteiger partial charge in [0, 0.05) is 51.4 Å². The number of benzene rings is 1. The molecule has 138 valence electrons. The molecule has 1 saturated heterocycles. The fraction of sp³-hybridized carbons (Fsp3) is 0.500. The number of aryl methyl sites for hydroxylation is 1. The third-order valence-electron chi connectivity index (χ3n) is 5.49. The first-order valence-corrected chi connectivity index (χ1v) is 9.65. The minimum Gasteiger partial charge on any atom is -0.332 e. The number of nitrogens with zero attached hydrogens (tertiary/aromatic N) is 6. The topological polar surface area (TPSA) is 42.1 Å². The van der Waals surface area contributed by atoms with Crippen LogP contribution in [-0.4, -0.2) is 50.3 Å². The van der Waals surface area contributed by atoms with Crippen LogP contribution in [0.5, 0.6) is 0 Å². The first-order chi connectivity index (χ1) is 12.7. The molecular formula is C20H28N6. The van der Waals surface area contributed by atoms with Gasteiger partial charge in [-0.05, 0) is 26.0 Å². The Morgan fingerprint density at radius 2 is 1.81 bits per heavy atom. The van der Waals surface area contributed by atoms with E-state index in [9.17, 15) is 0 Å². The van der Waals surface area contributed by atoms with Crippen molar-refractivity contribution in [1.29, 1.82) is 0 Å². The van der Waals surface area contributed by atoms with Crippen LogP contribution in [0.1, 0.15) is 31.1 Å². The molecule has 1 fully saturated rings. The molecule has 6 heteroatoms. The molecule has 0 amide bonds. The molecule has 0 spiro atoms. The number of rotatable bonds is 5. The number of aromatic nitrogens is 4. The van der Waals surface area contributed by atoms with Crippen LogP contribution in [0.2, 0.25) is 0 Å². The van der Waals surface area contributed by atoms with Gasteiger partial charge in [-0.1, -0.05) is 19.1 Å². The predicted octanol–water partition coefficient (Wildman–Crippen LogP) is 2.58. The summed E-state index contributed by atoms with van der Waals surface area (Å²) < 4.78 is 4.56. The Morgan fingerprint density at radius 1 is 1.04 bits per heavy atom. The average molecular weight is 352 g/mol. The van der Waals surface area contributed by atoms with E-state index in [0.29, 0.717) is 0 Å². The van der Waals surface area contributed by atoms with Gasteiger partial charge in [0.15, 0.2) is 0 Å². The Hall–Kier alpha value is -2.34. The van der Waals surface area contributed by atoms with Crippen LogP contribution in [0.25, 0.3) is 11.0 Å². The van der Waals surface area contributed by atoms with Gasteiger partial charge < -0.3 is 9.58 Å². The molecule has 0 N–H and O–H groups in total. The SMILES string of the molecule is CCc1nc(CN2CCN(n3cnc4ccccc43)CC2)c(C)n1CC. The molecule has 0 saturated carbocycles. The van der Waals surface area contributed by atoms with E-state index in [1.807, 2.05) is 12.4 Å². The van der Waals surface area contributed by atoms with Crippen molar-refractivity contribution in [3.05, 3.63) is 47.8 Å². The summed E-state index contributed by atoms with van der Waals surface area (Å²) in [6, 6.07) is 8.33. The van der Waals surface area contributed by atoms with Gasteiger partial charge in [0.2, 0.25) is 0 Å². The van der Waals surface area contributed by atoms with E-state index in [4.69, 9.17) is 4.98 Å². The summed E-state index contributed by atoms with van der Waals surface area (Å²) in [6.45, 7) is 12.7. The average Bonchev–Trinajstić information content (AvgIpc) is 3.23. The van der Waals surface area contributed by atoms with E-state index in [-0.39, 0.29) is 0 Å². The molecule has 1 aromatic carbocycles. The second-order valence-corrected chi connectivity index (χ2v) is 6.97. The minimum atomic E-state index is 0.949. The maximum absolute atomic E-state index is 4.90. The number of hydrogen-bond donors (Lipinski definition) is 0. The van der Waals surface area contributed by atoms with Gasteiger partial charge in [0.1, 0.15) is 12.2 Å². The Balaban J connectivity index is 1.43. The molecule has 0 aliphatic carbocycles. The summed E-state index contributed by atoms with van der Waals surface area (Å²) in [4.78, 5) is 11.9. The van der Waals surface area contributed by atoms with Gasteiger partial charge in [0.05, 0.1) is 16.7 Å². The lowest BCUT2D eigenvalue weighted by atomic mass is 10.2. The van der Waals surface area contributed by atoms with Crippen LogP contribution in [0.4, 0.5) is 0 Å². The van der Waals surface area contributed by atoms with Gasteiger partial charge in [-0.15, -0.1) is 0 Å². The number of imidazole rings is 2. The first-order valence-electron chi connectivity index (χ1n) is 9.65. The molecule has 0 radical (unpaired) electrons. The molecule has 2 aromatic heterocycles. The lowest BCUT2D eigenvalue weighted by molar-refractivity contribution is 0.231. The third-order valence-corrected chi connectivity index (χ3v) is 5.49. The van der Waals surface area contributed by atoms with Crippen LogP contribution >= 0.6 is 0 Å². The smallest absolute Gasteiger partial charge is 0.116 e. The zero-order valence-corrected chi connectivity index (χ0v) is 16.0. The number of para-hydroxylation sites is 2. The molecule has 26 heavy (non-hydrogen) atoms. The van der Waals surface area contributed by atoms with Crippen molar-refractivity contribution in [2.75, 3.05) is 31.2 Å². The summed E-state index contributed by atoms with van der Waals surface area (Å²) >= 11 is 0. The first kappa shape index (κ1) is 17.1. The van der Waals surface area contributed by atoms with Gasteiger partial charge in [0.25, 0.3) is 0 Å². The molecule has 0 bridgehead atoms. The highest BCUT2D eigenvalue weighted by Crippen LogP contribution is 2.17. The molecular weight excluding hydrogens is 324 g/mol. The lowest BCUT2D eigenvalue weighted by Gasteiger charge is -2.36. The molecule has 0 unspecified atom stereocenters. The zero-order chi connectivity index (χ0) is 18.1. The Kier molecular flexibility index (Phi) is 4.68. The van der Waals surface area contributed by atoms with Crippen LogP contribution in [-0.2, 0) is 19.5 Å². The van der Waals surface area contributed by atoms with Crippen molar-refractivity contribution in [2.24, 2.45) is 0 Å². The fourth-order valence-corrected chi connectivity index (χ4v) is 3.98. The Labute approximate surface area is 155 Å². The highest BCUT2D eigenvalue weighted by molar-refractivity contribution is 5.75. The van der Waals surface area contributed by atoms with E-state index in [1.54, 1.807) is 0 Å². The van der Waals surface area contributed by atoms with Crippen molar-refractivity contribution < 1.29 is 0 Å². The normalized spacial score (nSPS) is 15.9. The predicted molar refractivity (Wildman–Crippen MR) is 105 cm³/mol. The second-order valence-electron chi connectivity index (χ2n) is 6.97. The molecule has 3 aromatic rings. The van der Waals surface area contributed by atoms with Crippen LogP contribution < -0.4 is 5.01 Å². The second kappa shape index (κ2) is 7.11. The van der Waals surface area contributed by atoms with Crippen molar-refractivity contribution in [2.45, 2.75) is 40.3 Å². The van der Waals surface area contributed by atoms with Crippen molar-refractivity contribution in [3.8, 4) is 0 Å². The molecule has 4 rings (SSSR count). The Bertz CT molecular complexity index is 885. The van der Waals surface area contributed by atoms with Crippen LogP contribution in [0, 0.1) is 6.92 Å². The summed E-state index contributed by atoms with van der Waals surface area (Å²) in [5, 5.41) is 2.39. The Morgan fingerprint density at radius 3 is 2.50 bits per heavy atom. The van der Waals surface area contributed by atoms with Crippen molar-refractivity contribution in [1.82, 2.24) is 24.1 Å². The molecule has 3 heterocycles. The number of piperazine rings is 1. The fourth-order valence-electron chi connectivity index (χ4n) is 3.98. The van der Waals surface area contributed by atoms with Crippen LogP contribution in [0.3, 0.4) is 0 Å². The third kappa shape index (κ3) is 2.98. The summed E-state index contributed by atoms with van der Waals surface area (Å²) in [5.41, 5.74) is 4.81. The van der Waals surface area contributed by atoms with Gasteiger partial charge in [-0.25, -0.2) is 14.6 Å². The van der Waals surface area contributed by atoms with E-state index in [0.717, 1.165) is 51.2 Å². The lowest BCUT2D eigenvalue weighted by Crippen LogP contribution is -2.50. The summed E-state index contributed by atoms with van der Waals surface area (Å²) in [5.74, 6) is 1.21. The van der Waals surface area contributed by atoms with E-state index in [1.165, 1.54) is 22.7 Å². The zero-order valence-electron chi connectivity index (χ0n) is 16.0. The number of fused-ring (bicyclic) bond motifs is 1. The maximum Gasteiger partial charge on any atom is 0.116 e. The van der Waals surface area contributed by atoms with E-state index < -0.39 is 0 Å².